The van der Waals surface area contributed by atoms with Gasteiger partial charge in [-0.1, -0.05) is 31.2 Å². The number of benzene rings is 2. The Bertz CT molecular complexity index is 678. The van der Waals surface area contributed by atoms with Crippen LogP contribution in [0.25, 0.3) is 0 Å². The second-order valence-electron chi connectivity index (χ2n) is 5.80. The summed E-state index contributed by atoms with van der Waals surface area (Å²) >= 11 is 0. The molecule has 0 spiro atoms. The second-order valence-corrected chi connectivity index (χ2v) is 5.80. The Balaban J connectivity index is 2.27. The van der Waals surface area contributed by atoms with Crippen LogP contribution < -0.4 is 4.74 Å². The van der Waals surface area contributed by atoms with Crippen molar-refractivity contribution in [3.05, 3.63) is 64.0 Å². The van der Waals surface area contributed by atoms with Crippen LogP contribution in [0.1, 0.15) is 48.1 Å². The first kappa shape index (κ1) is 18.4. The predicted molar refractivity (Wildman–Crippen MR) is 90.5 cm³/mol. The van der Waals surface area contributed by atoms with E-state index < -0.39 is 17.8 Å². The van der Waals surface area contributed by atoms with Gasteiger partial charge in [0.25, 0.3) is 6.43 Å². The summed E-state index contributed by atoms with van der Waals surface area (Å²) in [6, 6.07) is 9.62. The highest BCUT2D eigenvalue weighted by Crippen LogP contribution is 2.35. The van der Waals surface area contributed by atoms with Crippen molar-refractivity contribution in [2.75, 3.05) is 6.61 Å². The molecule has 130 valence electrons. The lowest BCUT2D eigenvalue weighted by molar-refractivity contribution is 0.140. The van der Waals surface area contributed by atoms with Crippen LogP contribution in [0.2, 0.25) is 0 Å². The number of alkyl halides is 2. The third-order valence-corrected chi connectivity index (χ3v) is 4.20. The third-order valence-electron chi connectivity index (χ3n) is 4.20. The number of aryl methyl sites for hydroxylation is 3. The van der Waals surface area contributed by atoms with Crippen LogP contribution in [-0.4, -0.2) is 6.61 Å². The Kier molecular flexibility index (Phi) is 6.29. The van der Waals surface area contributed by atoms with E-state index in [9.17, 15) is 13.2 Å². The number of hydrogen-bond acceptors (Lipinski definition) is 1. The molecule has 0 aliphatic heterocycles. The molecule has 0 amide bonds. The molecule has 4 heteroatoms. The SMILES string of the molecule is CCOc1cc(C)c(CCc2ccc(CC)cc2)c(F)c1C(F)F. The number of ether oxygens (including phenoxy) is 1. The quantitative estimate of drug-likeness (QED) is 0.619. The van der Waals surface area contributed by atoms with E-state index in [-0.39, 0.29) is 12.4 Å². The van der Waals surface area contributed by atoms with Crippen molar-refractivity contribution in [1.29, 1.82) is 0 Å². The Morgan fingerprint density at radius 2 is 1.62 bits per heavy atom. The van der Waals surface area contributed by atoms with Crippen molar-refractivity contribution in [3.8, 4) is 5.75 Å². The van der Waals surface area contributed by atoms with E-state index in [1.807, 2.05) is 24.3 Å². The molecule has 24 heavy (non-hydrogen) atoms. The zero-order valence-corrected chi connectivity index (χ0v) is 14.3. The fourth-order valence-corrected chi connectivity index (χ4v) is 2.80. The van der Waals surface area contributed by atoms with Crippen LogP contribution >= 0.6 is 0 Å². The molecule has 0 heterocycles. The second kappa shape index (κ2) is 8.22. The van der Waals surface area contributed by atoms with Gasteiger partial charge >= 0.3 is 0 Å². The molecule has 0 saturated heterocycles. The molecule has 2 aromatic carbocycles. The molecule has 0 atom stereocenters. The molecule has 0 unspecified atom stereocenters. The highest BCUT2D eigenvalue weighted by atomic mass is 19.3. The largest absolute Gasteiger partial charge is 0.493 e. The van der Waals surface area contributed by atoms with E-state index in [0.29, 0.717) is 24.0 Å². The van der Waals surface area contributed by atoms with Crippen LogP contribution in [0.5, 0.6) is 5.75 Å². The van der Waals surface area contributed by atoms with Crippen LogP contribution in [0, 0.1) is 12.7 Å². The first-order valence-corrected chi connectivity index (χ1v) is 8.28. The Morgan fingerprint density at radius 1 is 1.00 bits per heavy atom. The minimum absolute atomic E-state index is 0.0569. The minimum Gasteiger partial charge on any atom is -0.493 e. The fraction of sp³-hybridized carbons (Fsp3) is 0.400. The lowest BCUT2D eigenvalue weighted by Crippen LogP contribution is -2.07. The Morgan fingerprint density at radius 3 is 2.17 bits per heavy atom. The summed E-state index contributed by atoms with van der Waals surface area (Å²) < 4.78 is 46.3. The van der Waals surface area contributed by atoms with Crippen molar-refractivity contribution in [2.24, 2.45) is 0 Å². The Labute approximate surface area is 141 Å². The van der Waals surface area contributed by atoms with E-state index in [2.05, 4.69) is 6.92 Å². The van der Waals surface area contributed by atoms with E-state index in [1.165, 1.54) is 11.6 Å². The van der Waals surface area contributed by atoms with Gasteiger partial charge in [0.05, 0.1) is 12.2 Å². The van der Waals surface area contributed by atoms with Crippen molar-refractivity contribution in [1.82, 2.24) is 0 Å². The van der Waals surface area contributed by atoms with Crippen LogP contribution in [0.15, 0.2) is 30.3 Å². The van der Waals surface area contributed by atoms with Crippen molar-refractivity contribution in [2.45, 2.75) is 46.5 Å². The zero-order chi connectivity index (χ0) is 17.7. The maximum atomic E-state index is 14.6. The van der Waals surface area contributed by atoms with Gasteiger partial charge in [-0.15, -0.1) is 0 Å². The molecule has 0 saturated carbocycles. The van der Waals surface area contributed by atoms with Gasteiger partial charge in [-0.05, 0) is 61.4 Å². The molecule has 0 bridgehead atoms. The smallest absolute Gasteiger partial charge is 0.270 e. The highest BCUT2D eigenvalue weighted by molar-refractivity contribution is 5.45. The van der Waals surface area contributed by atoms with Crippen molar-refractivity contribution in [3.63, 3.8) is 0 Å². The molecular weight excluding hydrogens is 313 g/mol. The van der Waals surface area contributed by atoms with Crippen molar-refractivity contribution < 1.29 is 17.9 Å². The van der Waals surface area contributed by atoms with Gasteiger partial charge < -0.3 is 4.74 Å². The van der Waals surface area contributed by atoms with E-state index in [0.717, 1.165) is 12.0 Å². The average molecular weight is 336 g/mol. The van der Waals surface area contributed by atoms with E-state index in [1.54, 1.807) is 13.8 Å². The van der Waals surface area contributed by atoms with Crippen LogP contribution in [0.4, 0.5) is 13.2 Å². The molecule has 0 N–H and O–H groups in total. The van der Waals surface area contributed by atoms with Crippen LogP contribution in [-0.2, 0) is 19.3 Å². The first-order valence-electron chi connectivity index (χ1n) is 8.28. The maximum absolute atomic E-state index is 14.6. The molecule has 0 aliphatic rings. The summed E-state index contributed by atoms with van der Waals surface area (Å²) in [6.07, 6.45) is -0.937. The number of rotatable bonds is 7. The average Bonchev–Trinajstić information content (AvgIpc) is 2.55. The standard InChI is InChI=1S/C20H23F3O/c1-4-14-6-8-15(9-7-14)10-11-16-13(3)12-17(24-5-2)18(19(16)21)20(22)23/h6-9,12,20H,4-5,10-11H2,1-3H3. The normalized spacial score (nSPS) is 11.1. The summed E-state index contributed by atoms with van der Waals surface area (Å²) in [5.74, 6) is -0.892. The lowest BCUT2D eigenvalue weighted by Gasteiger charge is -2.16. The topological polar surface area (TPSA) is 9.23 Å². The van der Waals surface area contributed by atoms with Gasteiger partial charge in [0.2, 0.25) is 0 Å². The van der Waals surface area contributed by atoms with Gasteiger partial charge in [-0.3, -0.25) is 0 Å². The van der Waals surface area contributed by atoms with Gasteiger partial charge in [0.1, 0.15) is 11.6 Å². The molecular formula is C20H23F3O. The van der Waals surface area contributed by atoms with Gasteiger partial charge in [-0.25, -0.2) is 13.2 Å². The summed E-state index contributed by atoms with van der Waals surface area (Å²) in [5, 5.41) is 0. The number of hydrogen-bond donors (Lipinski definition) is 0. The minimum atomic E-state index is -2.89. The zero-order valence-electron chi connectivity index (χ0n) is 14.3. The maximum Gasteiger partial charge on any atom is 0.270 e. The molecule has 2 aromatic rings. The number of halogens is 3. The summed E-state index contributed by atoms with van der Waals surface area (Å²) in [5.41, 5.74) is 2.67. The molecule has 2 rings (SSSR count). The third kappa shape index (κ3) is 4.11. The molecule has 0 radical (unpaired) electrons. The predicted octanol–water partition coefficient (Wildman–Crippen LogP) is 5.82. The Hall–Kier alpha value is -1.97. The van der Waals surface area contributed by atoms with Gasteiger partial charge in [0.15, 0.2) is 0 Å². The monoisotopic (exact) mass is 336 g/mol. The van der Waals surface area contributed by atoms with E-state index >= 15 is 0 Å². The molecule has 0 aliphatic carbocycles. The fourth-order valence-electron chi connectivity index (χ4n) is 2.80. The van der Waals surface area contributed by atoms with Gasteiger partial charge in [-0.2, -0.15) is 0 Å². The lowest BCUT2D eigenvalue weighted by atomic mass is 9.96. The summed E-state index contributed by atoms with van der Waals surface area (Å²) in [6.45, 7) is 5.73. The summed E-state index contributed by atoms with van der Waals surface area (Å²) in [7, 11) is 0. The molecule has 0 aromatic heterocycles. The summed E-state index contributed by atoms with van der Waals surface area (Å²) in [4.78, 5) is 0. The highest BCUT2D eigenvalue weighted by Gasteiger charge is 2.24. The first-order chi connectivity index (χ1) is 11.5. The van der Waals surface area contributed by atoms with E-state index in [4.69, 9.17) is 4.74 Å². The van der Waals surface area contributed by atoms with Crippen molar-refractivity contribution >= 4 is 0 Å². The molecule has 1 nitrogen and oxygen atoms in total. The van der Waals surface area contributed by atoms with Gasteiger partial charge in [0, 0.05) is 0 Å². The van der Waals surface area contributed by atoms with Crippen LogP contribution in [0.3, 0.4) is 0 Å². The molecule has 0 fully saturated rings.